The first-order chi connectivity index (χ1) is 10.2. The van der Waals surface area contributed by atoms with Gasteiger partial charge < -0.3 is 9.73 Å². The lowest BCUT2D eigenvalue weighted by molar-refractivity contribution is 0.627. The number of aryl methyl sites for hydroxylation is 2. The first kappa shape index (κ1) is 13.6. The summed E-state index contributed by atoms with van der Waals surface area (Å²) in [6.07, 6.45) is 1.88. The highest BCUT2D eigenvalue weighted by atomic mass is 16.3. The molecule has 0 aliphatic rings. The molecule has 0 aliphatic carbocycles. The zero-order valence-electron chi connectivity index (χ0n) is 12.6. The van der Waals surface area contributed by atoms with Gasteiger partial charge in [0, 0.05) is 24.9 Å². The highest BCUT2D eigenvalue weighted by Gasteiger charge is 2.11. The minimum Gasteiger partial charge on any atom is -0.454 e. The fraction of sp³-hybridized carbons (Fsp3) is 0.294. The van der Waals surface area contributed by atoms with Gasteiger partial charge in [0.2, 0.25) is 0 Å². The smallest absolute Gasteiger partial charge is 0.154 e. The number of hydrogen-bond donors (Lipinski definition) is 1. The summed E-state index contributed by atoms with van der Waals surface area (Å²) in [7, 11) is 1.86. The van der Waals surface area contributed by atoms with E-state index in [9.17, 15) is 0 Å². The van der Waals surface area contributed by atoms with Crippen LogP contribution in [0, 0.1) is 6.92 Å². The Morgan fingerprint density at radius 3 is 2.76 bits per heavy atom. The molecular weight excluding hydrogens is 262 g/mol. The third kappa shape index (κ3) is 2.75. The first-order valence-corrected chi connectivity index (χ1v) is 7.26. The van der Waals surface area contributed by atoms with Crippen molar-refractivity contribution in [2.75, 3.05) is 12.4 Å². The third-order valence-electron chi connectivity index (χ3n) is 3.43. The van der Waals surface area contributed by atoms with Crippen molar-refractivity contribution >= 4 is 16.8 Å². The highest BCUT2D eigenvalue weighted by molar-refractivity contribution is 5.83. The molecule has 0 saturated carbocycles. The van der Waals surface area contributed by atoms with E-state index in [4.69, 9.17) is 4.42 Å². The average molecular weight is 281 g/mol. The second kappa shape index (κ2) is 5.56. The number of benzene rings is 1. The Labute approximate surface area is 124 Å². The van der Waals surface area contributed by atoms with E-state index in [1.54, 1.807) is 0 Å². The van der Waals surface area contributed by atoms with Gasteiger partial charge in [-0.2, -0.15) is 0 Å². The molecule has 0 spiro atoms. The van der Waals surface area contributed by atoms with E-state index in [1.165, 1.54) is 5.56 Å². The molecule has 0 amide bonds. The standard InChI is InChI=1S/C17H19N3O/c1-4-5-16-19-13(10-17(18-3)20-16)15-9-12-8-11(2)6-7-14(12)21-15/h6-10H,4-5H2,1-3H3,(H,18,19,20). The molecule has 108 valence electrons. The number of aromatic nitrogens is 2. The molecule has 0 saturated heterocycles. The van der Waals surface area contributed by atoms with E-state index in [0.717, 1.165) is 46.9 Å². The van der Waals surface area contributed by atoms with E-state index < -0.39 is 0 Å². The van der Waals surface area contributed by atoms with Gasteiger partial charge in [-0.25, -0.2) is 9.97 Å². The second-order valence-electron chi connectivity index (χ2n) is 5.21. The van der Waals surface area contributed by atoms with Gasteiger partial charge in [-0.1, -0.05) is 18.6 Å². The van der Waals surface area contributed by atoms with Gasteiger partial charge in [-0.05, 0) is 31.5 Å². The Bertz CT molecular complexity index is 777. The molecule has 0 radical (unpaired) electrons. The molecule has 2 heterocycles. The number of nitrogens with one attached hydrogen (secondary N) is 1. The summed E-state index contributed by atoms with van der Waals surface area (Å²) < 4.78 is 5.92. The molecule has 1 aromatic carbocycles. The van der Waals surface area contributed by atoms with Gasteiger partial charge in [-0.15, -0.1) is 0 Å². The number of anilines is 1. The first-order valence-electron chi connectivity index (χ1n) is 7.26. The molecule has 4 heteroatoms. The van der Waals surface area contributed by atoms with Crippen molar-refractivity contribution in [3.63, 3.8) is 0 Å². The van der Waals surface area contributed by atoms with Crippen LogP contribution in [0.2, 0.25) is 0 Å². The minimum atomic E-state index is 0.784. The molecule has 0 unspecified atom stereocenters. The van der Waals surface area contributed by atoms with Gasteiger partial charge >= 0.3 is 0 Å². The Morgan fingerprint density at radius 1 is 1.14 bits per heavy atom. The fourth-order valence-electron chi connectivity index (χ4n) is 2.38. The maximum atomic E-state index is 5.92. The number of nitrogens with zero attached hydrogens (tertiary/aromatic N) is 2. The number of furan rings is 1. The topological polar surface area (TPSA) is 51.0 Å². The number of fused-ring (bicyclic) bond motifs is 1. The van der Waals surface area contributed by atoms with E-state index in [1.807, 2.05) is 25.2 Å². The zero-order chi connectivity index (χ0) is 14.8. The third-order valence-corrected chi connectivity index (χ3v) is 3.43. The normalized spacial score (nSPS) is 11.0. The molecule has 3 aromatic rings. The molecular formula is C17H19N3O. The maximum absolute atomic E-state index is 5.92. The van der Waals surface area contributed by atoms with E-state index in [0.29, 0.717) is 0 Å². The van der Waals surface area contributed by atoms with E-state index >= 15 is 0 Å². The number of rotatable bonds is 4. The van der Waals surface area contributed by atoms with Crippen molar-refractivity contribution in [1.29, 1.82) is 0 Å². The highest BCUT2D eigenvalue weighted by Crippen LogP contribution is 2.28. The molecule has 0 bridgehead atoms. The van der Waals surface area contributed by atoms with Crippen molar-refractivity contribution in [1.82, 2.24) is 9.97 Å². The van der Waals surface area contributed by atoms with Crippen LogP contribution in [-0.4, -0.2) is 17.0 Å². The van der Waals surface area contributed by atoms with Gasteiger partial charge in [0.1, 0.15) is 22.9 Å². The van der Waals surface area contributed by atoms with Crippen LogP contribution in [0.1, 0.15) is 24.7 Å². The van der Waals surface area contributed by atoms with Gasteiger partial charge in [0.15, 0.2) is 5.76 Å². The lowest BCUT2D eigenvalue weighted by Crippen LogP contribution is -2.01. The predicted molar refractivity (Wildman–Crippen MR) is 85.5 cm³/mol. The fourth-order valence-corrected chi connectivity index (χ4v) is 2.38. The van der Waals surface area contributed by atoms with Crippen LogP contribution in [0.4, 0.5) is 5.82 Å². The quantitative estimate of drug-likeness (QED) is 0.779. The molecule has 0 aliphatic heterocycles. The van der Waals surface area contributed by atoms with Crippen LogP contribution in [0.3, 0.4) is 0 Å². The Kier molecular flexibility index (Phi) is 3.60. The molecule has 4 nitrogen and oxygen atoms in total. The molecule has 2 aromatic heterocycles. The average Bonchev–Trinajstić information content (AvgIpc) is 2.90. The van der Waals surface area contributed by atoms with E-state index in [-0.39, 0.29) is 0 Å². The summed E-state index contributed by atoms with van der Waals surface area (Å²) in [5.41, 5.74) is 2.93. The Hall–Kier alpha value is -2.36. The lowest BCUT2D eigenvalue weighted by Gasteiger charge is -2.05. The van der Waals surface area contributed by atoms with Crippen LogP contribution in [0.15, 0.2) is 34.7 Å². The summed E-state index contributed by atoms with van der Waals surface area (Å²) in [5, 5.41) is 4.19. The summed E-state index contributed by atoms with van der Waals surface area (Å²) in [5.74, 6) is 2.45. The van der Waals surface area contributed by atoms with Crippen LogP contribution < -0.4 is 5.32 Å². The summed E-state index contributed by atoms with van der Waals surface area (Å²) in [6.45, 7) is 4.20. The van der Waals surface area contributed by atoms with Crippen molar-refractivity contribution in [3.05, 3.63) is 41.7 Å². The summed E-state index contributed by atoms with van der Waals surface area (Å²) in [6, 6.07) is 10.1. The zero-order valence-corrected chi connectivity index (χ0v) is 12.6. The van der Waals surface area contributed by atoms with Crippen LogP contribution in [0.5, 0.6) is 0 Å². The predicted octanol–water partition coefficient (Wildman–Crippen LogP) is 4.19. The van der Waals surface area contributed by atoms with Crippen molar-refractivity contribution in [2.24, 2.45) is 0 Å². The molecule has 21 heavy (non-hydrogen) atoms. The summed E-state index contributed by atoms with van der Waals surface area (Å²) >= 11 is 0. The van der Waals surface area contributed by atoms with Crippen molar-refractivity contribution in [3.8, 4) is 11.5 Å². The largest absolute Gasteiger partial charge is 0.454 e. The monoisotopic (exact) mass is 281 g/mol. The van der Waals surface area contributed by atoms with Crippen LogP contribution >= 0.6 is 0 Å². The van der Waals surface area contributed by atoms with Gasteiger partial charge in [0.05, 0.1) is 0 Å². The van der Waals surface area contributed by atoms with Crippen LogP contribution in [0.25, 0.3) is 22.4 Å². The second-order valence-corrected chi connectivity index (χ2v) is 5.21. The molecule has 0 atom stereocenters. The molecule has 3 rings (SSSR count). The lowest BCUT2D eigenvalue weighted by atomic mass is 10.2. The number of hydrogen-bond acceptors (Lipinski definition) is 4. The summed E-state index contributed by atoms with van der Waals surface area (Å²) in [4.78, 5) is 9.09. The van der Waals surface area contributed by atoms with Gasteiger partial charge in [0.25, 0.3) is 0 Å². The van der Waals surface area contributed by atoms with Crippen molar-refractivity contribution < 1.29 is 4.42 Å². The van der Waals surface area contributed by atoms with Gasteiger partial charge in [-0.3, -0.25) is 0 Å². The van der Waals surface area contributed by atoms with E-state index in [2.05, 4.69) is 41.3 Å². The Balaban J connectivity index is 2.10. The minimum absolute atomic E-state index is 0.784. The molecule has 1 N–H and O–H groups in total. The Morgan fingerprint density at radius 2 is 2.00 bits per heavy atom. The van der Waals surface area contributed by atoms with Crippen LogP contribution in [-0.2, 0) is 6.42 Å². The van der Waals surface area contributed by atoms with Crippen molar-refractivity contribution in [2.45, 2.75) is 26.7 Å². The maximum Gasteiger partial charge on any atom is 0.154 e. The SMILES string of the molecule is CCCc1nc(NC)cc(-c2cc3cc(C)ccc3o2)n1. The molecule has 0 fully saturated rings.